The molecule has 4 rings (SSSR count). The zero-order valence-corrected chi connectivity index (χ0v) is 26.5. The molecule has 2 amide bonds. The fourth-order valence-corrected chi connectivity index (χ4v) is 6.59. The number of halogens is 1. The lowest BCUT2D eigenvalue weighted by Crippen LogP contribution is -2.44. The number of thioether (sulfide) groups is 1. The average molecular weight is 655 g/mol. The molecule has 1 aromatic carbocycles. The van der Waals surface area contributed by atoms with Gasteiger partial charge in [-0.2, -0.15) is 11.8 Å². The number of imidazole rings is 1. The van der Waals surface area contributed by atoms with Gasteiger partial charge in [0.15, 0.2) is 5.69 Å². The van der Waals surface area contributed by atoms with E-state index in [-0.39, 0.29) is 23.8 Å². The first-order chi connectivity index (χ1) is 20.5. The maximum atomic E-state index is 13.0. The number of carboxylic acids is 1. The van der Waals surface area contributed by atoms with Gasteiger partial charge in [-0.15, -0.1) is 0 Å². The van der Waals surface area contributed by atoms with Crippen LogP contribution >= 0.6 is 11.8 Å². The molecule has 2 aromatic heterocycles. The number of aromatic hydroxyl groups is 1. The normalized spacial score (nSPS) is 16.9. The summed E-state index contributed by atoms with van der Waals surface area (Å²) in [6.07, 6.45) is 4.56. The number of piperidine rings is 1. The van der Waals surface area contributed by atoms with Crippen LogP contribution < -0.4 is 11.3 Å². The van der Waals surface area contributed by atoms with Crippen LogP contribution in [0.15, 0.2) is 34.1 Å². The third-order valence-electron chi connectivity index (χ3n) is 6.88. The zero-order chi connectivity index (χ0) is 33.1. The second-order valence-electron chi connectivity index (χ2n) is 10.8. The standard InChI is InChI=1S/C18H24N4O5S.C9H11FN2O3S/c1-10-4-11(2)6-20(5-10)13(23)8-21-7-12(9-28-3)22-16(25)15(24)14(17(26)27)19-18(21)22;1-12(2)16(14,15)8-5-6(10)3-4-7(8)9(11)13/h7,10-11,24H,4-6,8-9H2,1-3H3,(H,26,27);3-5H,1-2H3,(H2,11,13). The maximum Gasteiger partial charge on any atom is 0.358 e. The summed E-state index contributed by atoms with van der Waals surface area (Å²) in [5, 5.41) is 19.2. The molecule has 17 heteroatoms. The summed E-state index contributed by atoms with van der Waals surface area (Å²) >= 11 is 1.46. The van der Waals surface area contributed by atoms with Gasteiger partial charge in [0, 0.05) is 39.1 Å². The van der Waals surface area contributed by atoms with Crippen LogP contribution in [-0.2, 0) is 27.1 Å². The largest absolute Gasteiger partial charge is 0.501 e. The Labute approximate surface area is 257 Å². The molecule has 1 fully saturated rings. The Morgan fingerprint density at radius 1 is 1.18 bits per heavy atom. The number of nitrogens with two attached hydrogens (primary N) is 1. The highest BCUT2D eigenvalue weighted by atomic mass is 32.2. The highest BCUT2D eigenvalue weighted by molar-refractivity contribution is 7.97. The van der Waals surface area contributed by atoms with Crippen molar-refractivity contribution in [2.45, 2.75) is 37.5 Å². The summed E-state index contributed by atoms with van der Waals surface area (Å²) in [6.45, 7) is 5.53. The van der Waals surface area contributed by atoms with Crippen molar-refractivity contribution in [3.05, 3.63) is 57.5 Å². The van der Waals surface area contributed by atoms with Crippen molar-refractivity contribution in [3.8, 4) is 5.75 Å². The van der Waals surface area contributed by atoms with E-state index in [1.54, 1.807) is 11.1 Å². The molecule has 14 nitrogen and oxygen atoms in total. The number of sulfonamides is 1. The first-order valence-electron chi connectivity index (χ1n) is 13.3. The Morgan fingerprint density at radius 3 is 2.32 bits per heavy atom. The Morgan fingerprint density at radius 2 is 1.80 bits per heavy atom. The van der Waals surface area contributed by atoms with Gasteiger partial charge in [0.05, 0.1) is 16.2 Å². The first kappa shape index (κ1) is 34.5. The third kappa shape index (κ3) is 7.39. The molecule has 0 saturated carbocycles. The molecule has 1 aliphatic rings. The topological polar surface area (TPSA) is 198 Å². The predicted molar refractivity (Wildman–Crippen MR) is 161 cm³/mol. The zero-order valence-electron chi connectivity index (χ0n) is 24.9. The van der Waals surface area contributed by atoms with Crippen LogP contribution in [0.2, 0.25) is 0 Å². The summed E-state index contributed by atoms with van der Waals surface area (Å²) in [5.74, 6) is -2.86. The van der Waals surface area contributed by atoms with Crippen molar-refractivity contribution in [3.63, 3.8) is 0 Å². The molecule has 3 aromatic rings. The molecule has 1 aliphatic heterocycles. The Bertz CT molecular complexity index is 1740. The van der Waals surface area contributed by atoms with Gasteiger partial charge in [0.1, 0.15) is 12.4 Å². The number of hydrogen-bond donors (Lipinski definition) is 3. The number of carbonyl (C=O) groups excluding carboxylic acids is 2. The molecule has 0 bridgehead atoms. The van der Waals surface area contributed by atoms with Gasteiger partial charge >= 0.3 is 11.5 Å². The Kier molecular flexibility index (Phi) is 10.8. The number of amides is 2. The molecular formula is C27H35FN6O8S2. The summed E-state index contributed by atoms with van der Waals surface area (Å²) < 4.78 is 40.0. The third-order valence-corrected chi connectivity index (χ3v) is 9.32. The minimum Gasteiger partial charge on any atom is -0.501 e. The number of benzene rings is 1. The lowest BCUT2D eigenvalue weighted by Gasteiger charge is -2.35. The smallest absolute Gasteiger partial charge is 0.358 e. The number of likely N-dealkylation sites (tertiary alicyclic amines) is 1. The monoisotopic (exact) mass is 654 g/mol. The number of carboxylic acid groups (broad SMARTS) is 1. The Balaban J connectivity index is 0.000000281. The van der Waals surface area contributed by atoms with Crippen LogP contribution in [0.4, 0.5) is 4.39 Å². The van der Waals surface area contributed by atoms with E-state index in [1.807, 2.05) is 6.26 Å². The van der Waals surface area contributed by atoms with E-state index >= 15 is 0 Å². The fraction of sp³-hybridized carbons (Fsp3) is 0.444. The van der Waals surface area contributed by atoms with Crippen molar-refractivity contribution >= 4 is 45.3 Å². The number of aromatic nitrogens is 3. The molecule has 3 heterocycles. The van der Waals surface area contributed by atoms with E-state index < -0.39 is 49.6 Å². The van der Waals surface area contributed by atoms with Crippen LogP contribution in [0, 0.1) is 17.7 Å². The van der Waals surface area contributed by atoms with Gasteiger partial charge in [0.25, 0.3) is 0 Å². The van der Waals surface area contributed by atoms with Gasteiger partial charge in [0.2, 0.25) is 33.4 Å². The van der Waals surface area contributed by atoms with Gasteiger partial charge in [-0.25, -0.2) is 31.3 Å². The fourth-order valence-electron chi connectivity index (χ4n) is 4.99. The molecule has 240 valence electrons. The highest BCUT2D eigenvalue weighted by Gasteiger charge is 2.28. The second kappa shape index (κ2) is 13.8. The number of aromatic carboxylic acids is 1. The quantitative estimate of drug-likeness (QED) is 0.320. The Hall–Kier alpha value is -3.96. The molecule has 1 saturated heterocycles. The van der Waals surface area contributed by atoms with Crippen LogP contribution in [0.25, 0.3) is 5.78 Å². The van der Waals surface area contributed by atoms with E-state index in [1.165, 1.54) is 34.8 Å². The average Bonchev–Trinajstić information content (AvgIpc) is 3.26. The number of rotatable bonds is 8. The van der Waals surface area contributed by atoms with Crippen molar-refractivity contribution in [1.82, 2.24) is 23.2 Å². The van der Waals surface area contributed by atoms with E-state index in [4.69, 9.17) is 5.73 Å². The van der Waals surface area contributed by atoms with Crippen LogP contribution in [0.1, 0.15) is 46.8 Å². The maximum absolute atomic E-state index is 13.0. The summed E-state index contributed by atoms with van der Waals surface area (Å²) in [4.78, 5) is 53.1. The van der Waals surface area contributed by atoms with Gasteiger partial charge in [-0.1, -0.05) is 13.8 Å². The van der Waals surface area contributed by atoms with Crippen molar-refractivity contribution < 1.29 is 37.4 Å². The van der Waals surface area contributed by atoms with Gasteiger partial charge in [-0.3, -0.25) is 14.4 Å². The number of fused-ring (bicyclic) bond motifs is 1. The first-order valence-corrected chi connectivity index (χ1v) is 16.2. The van der Waals surface area contributed by atoms with Crippen LogP contribution in [-0.4, -0.2) is 93.0 Å². The lowest BCUT2D eigenvalue weighted by atomic mass is 9.92. The number of nitrogens with zero attached hydrogens (tertiary/aromatic N) is 5. The van der Waals surface area contributed by atoms with Crippen LogP contribution in [0.3, 0.4) is 0 Å². The van der Waals surface area contributed by atoms with E-state index in [0.717, 1.165) is 28.9 Å². The minimum atomic E-state index is -3.88. The van der Waals surface area contributed by atoms with Crippen LogP contribution in [0.5, 0.6) is 5.75 Å². The van der Waals surface area contributed by atoms with E-state index in [2.05, 4.69) is 18.8 Å². The van der Waals surface area contributed by atoms with Gasteiger partial charge in [-0.05, 0) is 42.7 Å². The lowest BCUT2D eigenvalue weighted by molar-refractivity contribution is -0.134. The van der Waals surface area contributed by atoms with E-state index in [9.17, 15) is 42.2 Å². The molecule has 0 spiro atoms. The van der Waals surface area contributed by atoms with Crippen molar-refractivity contribution in [2.75, 3.05) is 33.4 Å². The second-order valence-corrected chi connectivity index (χ2v) is 13.8. The molecule has 0 aliphatic carbocycles. The predicted octanol–water partition coefficient (Wildman–Crippen LogP) is 1.44. The number of primary amides is 1. The number of hydrogen-bond acceptors (Lipinski definition) is 9. The van der Waals surface area contributed by atoms with Gasteiger partial charge < -0.3 is 25.4 Å². The summed E-state index contributed by atoms with van der Waals surface area (Å²) in [6, 6.07) is 2.80. The van der Waals surface area contributed by atoms with E-state index in [0.29, 0.717) is 36.4 Å². The molecule has 2 atom stereocenters. The SMILES string of the molecule is CN(C)S(=O)(=O)c1cc(F)ccc1C(N)=O.CSCc1cn(CC(=O)N2CC(C)CC(C)C2)c2nc(C(=O)O)c(O)c(=O)n12. The summed E-state index contributed by atoms with van der Waals surface area (Å²) in [5.41, 5.74) is 3.77. The molecular weight excluding hydrogens is 619 g/mol. The van der Waals surface area contributed by atoms with Crippen molar-refractivity contribution in [1.29, 1.82) is 0 Å². The minimum absolute atomic E-state index is 0.0377. The highest BCUT2D eigenvalue weighted by Crippen LogP contribution is 2.23. The summed E-state index contributed by atoms with van der Waals surface area (Å²) in [7, 11) is -1.32. The molecule has 44 heavy (non-hydrogen) atoms. The van der Waals surface area contributed by atoms with Crippen molar-refractivity contribution in [2.24, 2.45) is 17.6 Å². The molecule has 2 unspecified atom stereocenters. The molecule has 0 radical (unpaired) electrons. The number of carbonyl (C=O) groups is 3. The molecule has 4 N–H and O–H groups in total.